The molecule has 0 unspecified atom stereocenters. The lowest BCUT2D eigenvalue weighted by Crippen LogP contribution is -2.30. The fraction of sp³-hybridized carbons (Fsp3) is 0.308. The van der Waals surface area contributed by atoms with Crippen LogP contribution in [0.5, 0.6) is 5.75 Å². The van der Waals surface area contributed by atoms with E-state index in [0.29, 0.717) is 25.4 Å². The highest BCUT2D eigenvalue weighted by Gasteiger charge is 2.24. The molecule has 3 aromatic rings. The maximum atomic E-state index is 11.8. The second kappa shape index (κ2) is 9.73. The zero-order valence-electron chi connectivity index (χ0n) is 18.2. The van der Waals surface area contributed by atoms with Gasteiger partial charge in [0.15, 0.2) is 0 Å². The van der Waals surface area contributed by atoms with E-state index in [1.54, 1.807) is 6.07 Å². The number of benzene rings is 2. The standard InChI is InChI=1S/C26H28N2O4/c1-18-9-11-28(31)25(13-18)27-10-4-12-32-23-8-7-19-14-22(17-26(29)30)24-6-3-2-5-20(24)15-21(19)16-23/h2-3,5-9,11,13,16,22,27H,4,10,12,14-15,17H2,1H3,(H,29,30)/t22-/m0/s1. The molecule has 0 radical (unpaired) electrons. The number of pyridine rings is 1. The van der Waals surface area contributed by atoms with E-state index in [4.69, 9.17) is 4.74 Å². The van der Waals surface area contributed by atoms with Gasteiger partial charge in [0, 0.05) is 12.5 Å². The quantitative estimate of drug-likeness (QED) is 0.316. The lowest BCUT2D eigenvalue weighted by Gasteiger charge is -2.16. The van der Waals surface area contributed by atoms with E-state index >= 15 is 0 Å². The lowest BCUT2D eigenvalue weighted by molar-refractivity contribution is -0.590. The van der Waals surface area contributed by atoms with E-state index in [1.807, 2.05) is 31.2 Å². The molecule has 1 atom stereocenters. The average Bonchev–Trinajstić information content (AvgIpc) is 2.91. The van der Waals surface area contributed by atoms with Gasteiger partial charge in [-0.15, -0.1) is 0 Å². The van der Waals surface area contributed by atoms with Crippen LogP contribution in [-0.4, -0.2) is 24.2 Å². The normalized spacial score (nSPS) is 14.7. The predicted octanol–water partition coefficient (Wildman–Crippen LogP) is 4.21. The Morgan fingerprint density at radius 2 is 2.00 bits per heavy atom. The smallest absolute Gasteiger partial charge is 0.303 e. The third kappa shape index (κ3) is 5.19. The SMILES string of the molecule is Cc1cc[n+]([O-])c(NCCCOc2ccc3c(c2)Cc2ccccc2[C@H](CC(=O)O)C3)c1. The van der Waals surface area contributed by atoms with Crippen LogP contribution in [0, 0.1) is 12.1 Å². The van der Waals surface area contributed by atoms with Crippen LogP contribution in [0.2, 0.25) is 0 Å². The van der Waals surface area contributed by atoms with Gasteiger partial charge in [-0.05, 0) is 71.7 Å². The summed E-state index contributed by atoms with van der Waals surface area (Å²) in [5.41, 5.74) is 5.72. The minimum atomic E-state index is -0.769. The number of carboxylic acid groups (broad SMARTS) is 1. The van der Waals surface area contributed by atoms with Crippen molar-refractivity contribution in [3.8, 4) is 5.75 Å². The number of carbonyl (C=O) groups is 1. The molecular formula is C26H28N2O4. The Kier molecular flexibility index (Phi) is 6.59. The van der Waals surface area contributed by atoms with Crippen molar-refractivity contribution in [3.63, 3.8) is 0 Å². The number of ether oxygens (including phenoxy) is 1. The zero-order chi connectivity index (χ0) is 22.5. The summed E-state index contributed by atoms with van der Waals surface area (Å²) < 4.78 is 6.79. The molecule has 1 aliphatic rings. The summed E-state index contributed by atoms with van der Waals surface area (Å²) in [6.45, 7) is 3.13. The summed E-state index contributed by atoms with van der Waals surface area (Å²) in [4.78, 5) is 11.4. The van der Waals surface area contributed by atoms with Crippen molar-refractivity contribution in [3.05, 3.63) is 93.8 Å². The van der Waals surface area contributed by atoms with Crippen molar-refractivity contribution in [2.75, 3.05) is 18.5 Å². The lowest BCUT2D eigenvalue weighted by atomic mass is 9.89. The Morgan fingerprint density at radius 3 is 2.84 bits per heavy atom. The minimum Gasteiger partial charge on any atom is -0.711 e. The maximum Gasteiger partial charge on any atom is 0.303 e. The van der Waals surface area contributed by atoms with E-state index in [-0.39, 0.29) is 12.3 Å². The molecule has 4 rings (SSSR count). The minimum absolute atomic E-state index is 0.0202. The summed E-state index contributed by atoms with van der Waals surface area (Å²) in [5.74, 6) is 0.570. The van der Waals surface area contributed by atoms with Crippen LogP contribution in [-0.2, 0) is 17.6 Å². The molecule has 0 saturated carbocycles. The number of aliphatic carboxylic acids is 1. The first kappa shape index (κ1) is 21.7. The van der Waals surface area contributed by atoms with Crippen molar-refractivity contribution in [2.45, 2.75) is 38.5 Å². The van der Waals surface area contributed by atoms with Crippen molar-refractivity contribution in [1.82, 2.24) is 0 Å². The van der Waals surface area contributed by atoms with Gasteiger partial charge in [-0.1, -0.05) is 30.3 Å². The highest BCUT2D eigenvalue weighted by Crippen LogP contribution is 2.35. The molecule has 166 valence electrons. The van der Waals surface area contributed by atoms with E-state index in [1.165, 1.54) is 22.9 Å². The number of aromatic nitrogens is 1. The number of fused-ring (bicyclic) bond motifs is 2. The fourth-order valence-electron chi connectivity index (χ4n) is 4.32. The second-order valence-corrected chi connectivity index (χ2v) is 8.35. The van der Waals surface area contributed by atoms with Gasteiger partial charge in [-0.2, -0.15) is 0 Å². The molecule has 6 nitrogen and oxygen atoms in total. The van der Waals surface area contributed by atoms with Crippen LogP contribution >= 0.6 is 0 Å². The van der Waals surface area contributed by atoms with E-state index in [0.717, 1.165) is 34.4 Å². The third-order valence-corrected chi connectivity index (χ3v) is 5.91. The number of nitrogens with zero attached hydrogens (tertiary/aromatic N) is 1. The molecule has 6 heteroatoms. The second-order valence-electron chi connectivity index (χ2n) is 8.35. The van der Waals surface area contributed by atoms with Crippen molar-refractivity contribution < 1.29 is 19.4 Å². The number of carboxylic acids is 1. The zero-order valence-corrected chi connectivity index (χ0v) is 18.2. The monoisotopic (exact) mass is 432 g/mol. The first-order valence-corrected chi connectivity index (χ1v) is 11.0. The Balaban J connectivity index is 1.38. The van der Waals surface area contributed by atoms with Crippen LogP contribution in [0.4, 0.5) is 5.82 Å². The summed E-state index contributed by atoms with van der Waals surface area (Å²) in [6.07, 6.45) is 3.88. The maximum absolute atomic E-state index is 11.8. The average molecular weight is 433 g/mol. The van der Waals surface area contributed by atoms with Gasteiger partial charge in [-0.3, -0.25) is 10.1 Å². The van der Waals surface area contributed by atoms with Gasteiger partial charge in [0.05, 0.1) is 25.8 Å². The summed E-state index contributed by atoms with van der Waals surface area (Å²) >= 11 is 0. The number of hydrogen-bond acceptors (Lipinski definition) is 4. The first-order chi connectivity index (χ1) is 15.5. The first-order valence-electron chi connectivity index (χ1n) is 11.0. The van der Waals surface area contributed by atoms with Crippen LogP contribution in [0.1, 0.15) is 46.6 Å². The molecule has 0 bridgehead atoms. The molecule has 32 heavy (non-hydrogen) atoms. The molecule has 1 heterocycles. The van der Waals surface area contributed by atoms with Crippen LogP contribution < -0.4 is 14.8 Å². The molecule has 2 N–H and O–H groups in total. The topological polar surface area (TPSA) is 85.5 Å². The van der Waals surface area contributed by atoms with Crippen molar-refractivity contribution >= 4 is 11.8 Å². The number of nitrogens with one attached hydrogen (secondary N) is 1. The van der Waals surface area contributed by atoms with Crippen molar-refractivity contribution in [2.24, 2.45) is 0 Å². The molecule has 1 aliphatic carbocycles. The number of anilines is 1. The van der Waals surface area contributed by atoms with Crippen LogP contribution in [0.15, 0.2) is 60.8 Å². The molecular weight excluding hydrogens is 404 g/mol. The summed E-state index contributed by atoms with van der Waals surface area (Å²) in [5, 5.41) is 24.3. The van der Waals surface area contributed by atoms with Gasteiger partial charge in [0.25, 0.3) is 5.82 Å². The number of rotatable bonds is 8. The van der Waals surface area contributed by atoms with Gasteiger partial charge < -0.3 is 15.1 Å². The third-order valence-electron chi connectivity index (χ3n) is 5.91. The Hall–Kier alpha value is -3.54. The Labute approximate surface area is 188 Å². The van der Waals surface area contributed by atoms with E-state index in [9.17, 15) is 15.1 Å². The van der Waals surface area contributed by atoms with Gasteiger partial charge in [-0.25, -0.2) is 4.73 Å². The predicted molar refractivity (Wildman–Crippen MR) is 123 cm³/mol. The van der Waals surface area contributed by atoms with Gasteiger partial charge in [0.1, 0.15) is 5.75 Å². The van der Waals surface area contributed by atoms with Gasteiger partial charge in [0.2, 0.25) is 0 Å². The van der Waals surface area contributed by atoms with E-state index < -0.39 is 5.97 Å². The number of hydrogen-bond donors (Lipinski definition) is 2. The highest BCUT2D eigenvalue weighted by molar-refractivity contribution is 5.68. The molecule has 0 amide bonds. The highest BCUT2D eigenvalue weighted by atomic mass is 16.5. The van der Waals surface area contributed by atoms with Gasteiger partial charge >= 0.3 is 5.97 Å². The Morgan fingerprint density at radius 1 is 1.16 bits per heavy atom. The summed E-state index contributed by atoms with van der Waals surface area (Å²) in [7, 11) is 0. The fourth-order valence-corrected chi connectivity index (χ4v) is 4.32. The molecule has 0 fully saturated rings. The molecule has 0 aliphatic heterocycles. The van der Waals surface area contributed by atoms with Crippen LogP contribution in [0.3, 0.4) is 0 Å². The molecule has 0 saturated heterocycles. The van der Waals surface area contributed by atoms with E-state index in [2.05, 4.69) is 29.6 Å². The largest absolute Gasteiger partial charge is 0.711 e. The Bertz CT molecular complexity index is 1110. The van der Waals surface area contributed by atoms with Crippen molar-refractivity contribution in [1.29, 1.82) is 0 Å². The number of aryl methyl sites for hydroxylation is 1. The molecule has 0 spiro atoms. The molecule has 1 aromatic heterocycles. The van der Waals surface area contributed by atoms with Crippen LogP contribution in [0.25, 0.3) is 0 Å². The molecule has 2 aromatic carbocycles. The summed E-state index contributed by atoms with van der Waals surface area (Å²) in [6, 6.07) is 17.9.